The molecule has 0 bridgehead atoms. The van der Waals surface area contributed by atoms with Gasteiger partial charge in [-0.2, -0.15) is 0 Å². The topological polar surface area (TPSA) is 59.5 Å². The predicted molar refractivity (Wildman–Crippen MR) is 72.8 cm³/mol. The first kappa shape index (κ1) is 13.9. The highest BCUT2D eigenvalue weighted by Gasteiger charge is 2.33. The van der Waals surface area contributed by atoms with E-state index in [1.807, 2.05) is 0 Å². The fourth-order valence-electron chi connectivity index (χ4n) is 1.94. The molecule has 0 spiro atoms. The molecular weight excluding hydrogens is 264 g/mol. The molecule has 1 unspecified atom stereocenters. The van der Waals surface area contributed by atoms with E-state index in [2.05, 4.69) is 4.98 Å². The number of hydrogen-bond acceptors (Lipinski definition) is 5. The number of aromatic nitrogens is 1. The van der Waals surface area contributed by atoms with E-state index in [-0.39, 0.29) is 11.9 Å². The van der Waals surface area contributed by atoms with Crippen LogP contribution in [0.1, 0.15) is 23.7 Å². The van der Waals surface area contributed by atoms with Gasteiger partial charge in [-0.05, 0) is 31.2 Å². The summed E-state index contributed by atoms with van der Waals surface area (Å²) in [5.74, 6) is 0.885. The van der Waals surface area contributed by atoms with E-state index < -0.39 is 6.04 Å². The van der Waals surface area contributed by atoms with Crippen LogP contribution in [0, 0.1) is 0 Å². The summed E-state index contributed by atoms with van der Waals surface area (Å²) in [4.78, 5) is 29.8. The molecule has 6 heteroatoms. The third-order valence-corrected chi connectivity index (χ3v) is 3.86. The Kier molecular flexibility index (Phi) is 4.79. The highest BCUT2D eigenvalue weighted by molar-refractivity contribution is 7.99. The van der Waals surface area contributed by atoms with Crippen molar-refractivity contribution in [2.24, 2.45) is 0 Å². The number of thioether (sulfide) groups is 1. The van der Waals surface area contributed by atoms with Crippen molar-refractivity contribution >= 4 is 23.6 Å². The average molecular weight is 280 g/mol. The monoisotopic (exact) mass is 280 g/mol. The second kappa shape index (κ2) is 6.56. The summed E-state index contributed by atoms with van der Waals surface area (Å²) in [6.07, 6.45) is 3.77. The maximum Gasteiger partial charge on any atom is 0.328 e. The maximum atomic E-state index is 12.4. The van der Waals surface area contributed by atoms with Gasteiger partial charge in [0.05, 0.1) is 18.0 Å². The molecule has 1 amide bonds. The number of rotatable bonds is 3. The molecule has 0 aliphatic carbocycles. The van der Waals surface area contributed by atoms with E-state index in [1.54, 1.807) is 41.9 Å². The van der Waals surface area contributed by atoms with Gasteiger partial charge in [0, 0.05) is 12.4 Å². The molecule has 2 heterocycles. The van der Waals surface area contributed by atoms with E-state index in [0.29, 0.717) is 24.5 Å². The van der Waals surface area contributed by atoms with Crippen molar-refractivity contribution < 1.29 is 14.3 Å². The summed E-state index contributed by atoms with van der Waals surface area (Å²) in [5.41, 5.74) is 0.499. The lowest BCUT2D eigenvalue weighted by Gasteiger charge is -2.33. The van der Waals surface area contributed by atoms with Gasteiger partial charge in [0.25, 0.3) is 5.91 Å². The van der Waals surface area contributed by atoms with Gasteiger partial charge in [-0.3, -0.25) is 9.78 Å². The van der Waals surface area contributed by atoms with Crippen molar-refractivity contribution in [1.82, 2.24) is 9.88 Å². The number of esters is 1. The first-order valence-corrected chi connectivity index (χ1v) is 7.35. The Hall–Kier alpha value is -1.56. The summed E-state index contributed by atoms with van der Waals surface area (Å²) >= 11 is 1.64. The number of pyridine rings is 1. The number of ether oxygens (including phenoxy) is 1. The third kappa shape index (κ3) is 3.26. The standard InChI is InChI=1S/C13H16N2O3S/c1-2-18-13(17)11-5-7-19-9-15(11)12(16)10-4-3-6-14-8-10/h3-4,6,8,11H,2,5,7,9H2,1H3. The minimum Gasteiger partial charge on any atom is -0.464 e. The lowest BCUT2D eigenvalue weighted by molar-refractivity contribution is -0.148. The van der Waals surface area contributed by atoms with E-state index >= 15 is 0 Å². The Bertz CT molecular complexity index is 452. The lowest BCUT2D eigenvalue weighted by Crippen LogP contribution is -2.48. The summed E-state index contributed by atoms with van der Waals surface area (Å²) < 4.78 is 5.04. The Morgan fingerprint density at radius 3 is 3.11 bits per heavy atom. The van der Waals surface area contributed by atoms with Gasteiger partial charge in [-0.15, -0.1) is 11.8 Å². The highest BCUT2D eigenvalue weighted by atomic mass is 32.2. The molecule has 19 heavy (non-hydrogen) atoms. The zero-order chi connectivity index (χ0) is 13.7. The van der Waals surface area contributed by atoms with E-state index in [0.717, 1.165) is 5.75 Å². The van der Waals surface area contributed by atoms with Crippen LogP contribution in [0.4, 0.5) is 0 Å². The zero-order valence-electron chi connectivity index (χ0n) is 10.7. The van der Waals surface area contributed by atoms with Crippen LogP contribution in [-0.2, 0) is 9.53 Å². The number of carbonyl (C=O) groups is 2. The van der Waals surface area contributed by atoms with Crippen LogP contribution in [-0.4, -0.2) is 46.0 Å². The zero-order valence-corrected chi connectivity index (χ0v) is 11.6. The molecule has 1 saturated heterocycles. The molecule has 1 aliphatic rings. The molecule has 0 saturated carbocycles. The van der Waals surface area contributed by atoms with Crippen LogP contribution in [0.3, 0.4) is 0 Å². The number of amides is 1. The molecule has 1 aromatic rings. The molecule has 1 fully saturated rings. The van der Waals surface area contributed by atoms with E-state index in [1.165, 1.54) is 6.20 Å². The molecule has 102 valence electrons. The molecule has 0 N–H and O–H groups in total. The fraction of sp³-hybridized carbons (Fsp3) is 0.462. The van der Waals surface area contributed by atoms with Crippen LogP contribution in [0.25, 0.3) is 0 Å². The fourth-order valence-corrected chi connectivity index (χ4v) is 2.96. The molecule has 1 aliphatic heterocycles. The van der Waals surface area contributed by atoms with Gasteiger partial charge in [-0.1, -0.05) is 0 Å². The van der Waals surface area contributed by atoms with Gasteiger partial charge in [0.1, 0.15) is 6.04 Å². The quantitative estimate of drug-likeness (QED) is 0.786. The second-order valence-electron chi connectivity index (χ2n) is 4.11. The molecule has 2 rings (SSSR count). The van der Waals surface area contributed by atoms with Gasteiger partial charge >= 0.3 is 5.97 Å². The van der Waals surface area contributed by atoms with E-state index in [4.69, 9.17) is 4.74 Å². The summed E-state index contributed by atoms with van der Waals surface area (Å²) in [5, 5.41) is 0. The second-order valence-corrected chi connectivity index (χ2v) is 5.19. The molecule has 0 radical (unpaired) electrons. The van der Waals surface area contributed by atoms with Crippen molar-refractivity contribution in [3.05, 3.63) is 30.1 Å². The van der Waals surface area contributed by atoms with Gasteiger partial charge < -0.3 is 9.64 Å². The minimum atomic E-state index is -0.478. The first-order valence-electron chi connectivity index (χ1n) is 6.19. The van der Waals surface area contributed by atoms with Gasteiger partial charge in [-0.25, -0.2) is 4.79 Å². The largest absolute Gasteiger partial charge is 0.464 e. The third-order valence-electron chi connectivity index (χ3n) is 2.87. The van der Waals surface area contributed by atoms with Crippen LogP contribution < -0.4 is 0 Å². The summed E-state index contributed by atoms with van der Waals surface area (Å²) in [6.45, 7) is 2.10. The van der Waals surface area contributed by atoms with Crippen LogP contribution in [0.5, 0.6) is 0 Å². The number of nitrogens with zero attached hydrogens (tertiary/aromatic N) is 2. The minimum absolute atomic E-state index is 0.168. The lowest BCUT2D eigenvalue weighted by atomic mass is 10.1. The normalized spacial score (nSPS) is 19.0. The SMILES string of the molecule is CCOC(=O)C1CCSCN1C(=O)c1cccnc1. The Balaban J connectivity index is 2.15. The van der Waals surface area contributed by atoms with Crippen molar-refractivity contribution in [3.63, 3.8) is 0 Å². The van der Waals surface area contributed by atoms with Gasteiger partial charge in [0.15, 0.2) is 0 Å². The van der Waals surface area contributed by atoms with Crippen molar-refractivity contribution in [3.8, 4) is 0 Å². The molecule has 1 atom stereocenters. The van der Waals surface area contributed by atoms with Crippen molar-refractivity contribution in [1.29, 1.82) is 0 Å². The smallest absolute Gasteiger partial charge is 0.328 e. The highest BCUT2D eigenvalue weighted by Crippen LogP contribution is 2.23. The van der Waals surface area contributed by atoms with Crippen molar-refractivity contribution in [2.75, 3.05) is 18.2 Å². The first-order chi connectivity index (χ1) is 9.24. The Labute approximate surface area is 116 Å². The van der Waals surface area contributed by atoms with E-state index in [9.17, 15) is 9.59 Å². The maximum absolute atomic E-state index is 12.4. The number of hydrogen-bond donors (Lipinski definition) is 0. The van der Waals surface area contributed by atoms with Crippen LogP contribution in [0.2, 0.25) is 0 Å². The van der Waals surface area contributed by atoms with Crippen LogP contribution >= 0.6 is 11.8 Å². The Morgan fingerprint density at radius 2 is 2.42 bits per heavy atom. The Morgan fingerprint density at radius 1 is 1.58 bits per heavy atom. The predicted octanol–water partition coefficient (Wildman–Crippen LogP) is 1.55. The van der Waals surface area contributed by atoms with Crippen molar-refractivity contribution in [2.45, 2.75) is 19.4 Å². The average Bonchev–Trinajstić information content (AvgIpc) is 2.47. The number of carbonyl (C=O) groups excluding carboxylic acids is 2. The molecule has 5 nitrogen and oxygen atoms in total. The summed E-state index contributed by atoms with van der Waals surface area (Å²) in [7, 11) is 0. The molecule has 0 aromatic carbocycles. The molecular formula is C13H16N2O3S. The van der Waals surface area contributed by atoms with Gasteiger partial charge in [0.2, 0.25) is 0 Å². The van der Waals surface area contributed by atoms with Crippen LogP contribution in [0.15, 0.2) is 24.5 Å². The summed E-state index contributed by atoms with van der Waals surface area (Å²) in [6, 6.07) is 2.94. The molecule has 1 aromatic heterocycles.